The Labute approximate surface area is 301 Å². The number of nitrogens with one attached hydrogen (secondary N) is 1. The summed E-state index contributed by atoms with van der Waals surface area (Å²) in [4.78, 5) is 37.0. The first kappa shape index (κ1) is 33.4. The number of nitrogens with zero attached hydrogens (tertiary/aromatic N) is 3. The van der Waals surface area contributed by atoms with E-state index in [1.54, 1.807) is 0 Å². The number of halogens is 1. The van der Waals surface area contributed by atoms with Gasteiger partial charge in [0, 0.05) is 34.4 Å². The fraction of sp³-hybridized carbons (Fsp3) is 0.214. The van der Waals surface area contributed by atoms with Gasteiger partial charge in [-0.1, -0.05) is 119 Å². The highest BCUT2D eigenvalue weighted by atomic mass is 79.9. The van der Waals surface area contributed by atoms with Gasteiger partial charge in [0.2, 0.25) is 5.91 Å². The molecule has 0 spiro atoms. The largest absolute Gasteiger partial charge is 0.480 e. The molecule has 2 N–H and O–H groups in total. The van der Waals surface area contributed by atoms with E-state index in [-0.39, 0.29) is 11.9 Å². The Kier molecular flexibility index (Phi) is 10.2. The summed E-state index contributed by atoms with van der Waals surface area (Å²) in [5.41, 5.74) is 6.73. The molecule has 252 valence electrons. The van der Waals surface area contributed by atoms with Crippen molar-refractivity contribution in [3.05, 3.63) is 166 Å². The number of carbonyl (C=O) groups excluding carboxylic acids is 1. The molecule has 0 bridgehead atoms. The number of carboxylic acid groups (broad SMARTS) is 1. The molecule has 0 radical (unpaired) electrons. The van der Waals surface area contributed by atoms with Crippen LogP contribution in [0.2, 0.25) is 0 Å². The van der Waals surface area contributed by atoms with E-state index in [1.165, 1.54) is 5.56 Å². The van der Waals surface area contributed by atoms with Gasteiger partial charge in [0.1, 0.15) is 0 Å². The summed E-state index contributed by atoms with van der Waals surface area (Å²) in [5.74, 6) is -1.10. The average Bonchev–Trinajstić information content (AvgIpc) is 3.61. The zero-order chi connectivity index (χ0) is 34.5. The number of hydrogen-bond acceptors (Lipinski definition) is 5. The number of rotatable bonds is 10. The summed E-state index contributed by atoms with van der Waals surface area (Å²) >= 11 is 3.54. The summed E-state index contributed by atoms with van der Waals surface area (Å²) in [5, 5.41) is 14.2. The van der Waals surface area contributed by atoms with Crippen molar-refractivity contribution in [3.8, 4) is 0 Å². The molecule has 2 heterocycles. The van der Waals surface area contributed by atoms with Crippen LogP contribution in [0.3, 0.4) is 0 Å². The second-order valence-electron chi connectivity index (χ2n) is 12.8. The first-order chi connectivity index (χ1) is 24.5. The van der Waals surface area contributed by atoms with Gasteiger partial charge in [-0.25, -0.2) is 4.79 Å². The number of carbonyl (C=O) groups is 2. The molecule has 5 aromatic rings. The van der Waals surface area contributed by atoms with Crippen LogP contribution in [0, 0.1) is 0 Å². The standard InChI is InChI=1S/C42H39BrN4O3/c43-32-21-23-33(24-22-32)47-27-25-30-14-7-8-17-34(30)40(47)39(42(49)50)45-38(31-15-5-2-6-16-31)35-18-9-10-19-36(35)44-41(48)37-20-11-26-46(37)28-29-12-3-1-4-13-29/h1-10,12-19,21-24,37,39-40H,11,20,25-28H2,(H,44,48)(H,49,50)/t37-,39-,40+/m0/s1. The third-order valence-corrected chi connectivity index (χ3v) is 10.2. The minimum atomic E-state index is -1.16. The molecule has 7 nitrogen and oxygen atoms in total. The van der Waals surface area contributed by atoms with Crippen LogP contribution >= 0.6 is 15.9 Å². The molecule has 1 fully saturated rings. The Bertz CT molecular complexity index is 1980. The molecule has 5 aromatic carbocycles. The van der Waals surface area contributed by atoms with Crippen molar-refractivity contribution in [3.63, 3.8) is 0 Å². The molecule has 0 aromatic heterocycles. The third-order valence-electron chi connectivity index (χ3n) is 9.69. The Hall–Kier alpha value is -5.05. The fourth-order valence-corrected chi connectivity index (χ4v) is 7.57. The van der Waals surface area contributed by atoms with E-state index in [2.05, 4.69) is 49.2 Å². The number of anilines is 2. The Morgan fingerprint density at radius 2 is 1.50 bits per heavy atom. The molecule has 0 saturated carbocycles. The van der Waals surface area contributed by atoms with E-state index < -0.39 is 18.1 Å². The predicted octanol–water partition coefficient (Wildman–Crippen LogP) is 8.15. The Morgan fingerprint density at radius 1 is 0.820 bits per heavy atom. The molecule has 0 aliphatic carbocycles. The van der Waals surface area contributed by atoms with Crippen LogP contribution in [0.25, 0.3) is 0 Å². The number of aliphatic imine (C=N–C) groups is 1. The fourth-order valence-electron chi connectivity index (χ4n) is 7.30. The van der Waals surface area contributed by atoms with Gasteiger partial charge < -0.3 is 15.3 Å². The van der Waals surface area contributed by atoms with Gasteiger partial charge in [-0.15, -0.1) is 0 Å². The molecule has 3 atom stereocenters. The molecule has 2 aliphatic rings. The molecular weight excluding hydrogens is 688 g/mol. The summed E-state index contributed by atoms with van der Waals surface area (Å²) < 4.78 is 0.953. The minimum Gasteiger partial charge on any atom is -0.480 e. The van der Waals surface area contributed by atoms with E-state index in [0.717, 1.165) is 52.7 Å². The molecule has 2 aliphatic heterocycles. The lowest BCUT2D eigenvalue weighted by molar-refractivity contribution is -0.139. The van der Waals surface area contributed by atoms with Gasteiger partial charge in [0.25, 0.3) is 0 Å². The Morgan fingerprint density at radius 3 is 2.26 bits per heavy atom. The SMILES string of the molecule is O=C(O)[C@@H](N=C(c1ccccc1)c1ccccc1NC(=O)[C@@H]1CCCN1Cc1ccccc1)[C@H]1c2ccccc2CCN1c1ccc(Br)cc1. The van der Waals surface area contributed by atoms with E-state index in [9.17, 15) is 14.7 Å². The summed E-state index contributed by atoms with van der Waals surface area (Å²) in [7, 11) is 0. The van der Waals surface area contributed by atoms with E-state index in [0.29, 0.717) is 30.1 Å². The van der Waals surface area contributed by atoms with Crippen LogP contribution in [-0.4, -0.2) is 52.8 Å². The van der Waals surface area contributed by atoms with Gasteiger partial charge in [0.05, 0.1) is 23.5 Å². The second-order valence-corrected chi connectivity index (χ2v) is 13.8. The van der Waals surface area contributed by atoms with Crippen molar-refractivity contribution < 1.29 is 14.7 Å². The highest BCUT2D eigenvalue weighted by Crippen LogP contribution is 2.38. The minimum absolute atomic E-state index is 0.0734. The van der Waals surface area contributed by atoms with Crippen molar-refractivity contribution in [1.82, 2.24) is 4.90 Å². The molecular formula is C42H39BrN4O3. The predicted molar refractivity (Wildman–Crippen MR) is 203 cm³/mol. The lowest BCUT2D eigenvalue weighted by atomic mass is 9.87. The normalized spacial score (nSPS) is 18.3. The Balaban J connectivity index is 1.29. The van der Waals surface area contributed by atoms with E-state index >= 15 is 0 Å². The highest BCUT2D eigenvalue weighted by molar-refractivity contribution is 9.10. The zero-order valence-corrected chi connectivity index (χ0v) is 29.2. The topological polar surface area (TPSA) is 85.2 Å². The van der Waals surface area contributed by atoms with Gasteiger partial charge in [-0.3, -0.25) is 14.7 Å². The van der Waals surface area contributed by atoms with Gasteiger partial charge in [0.15, 0.2) is 6.04 Å². The van der Waals surface area contributed by atoms with Crippen LogP contribution in [-0.2, 0) is 22.6 Å². The molecule has 0 unspecified atom stereocenters. The lowest BCUT2D eigenvalue weighted by Crippen LogP contribution is -2.44. The van der Waals surface area contributed by atoms with Crippen molar-refractivity contribution >= 4 is 44.9 Å². The van der Waals surface area contributed by atoms with Gasteiger partial charge >= 0.3 is 5.97 Å². The molecule has 8 heteroatoms. The number of carboxylic acids is 1. The average molecular weight is 728 g/mol. The van der Waals surface area contributed by atoms with Crippen LogP contribution in [0.5, 0.6) is 0 Å². The van der Waals surface area contributed by atoms with Gasteiger partial charge in [-0.2, -0.15) is 0 Å². The van der Waals surface area contributed by atoms with Crippen LogP contribution < -0.4 is 10.2 Å². The monoisotopic (exact) mass is 726 g/mol. The first-order valence-corrected chi connectivity index (χ1v) is 17.9. The summed E-state index contributed by atoms with van der Waals surface area (Å²) in [6, 6.07) is 41.5. The number of likely N-dealkylation sites (tertiary alicyclic amines) is 1. The van der Waals surface area contributed by atoms with Gasteiger partial charge in [-0.05, 0) is 72.8 Å². The van der Waals surface area contributed by atoms with Crippen LogP contribution in [0.1, 0.15) is 46.7 Å². The highest BCUT2D eigenvalue weighted by Gasteiger charge is 2.39. The maximum atomic E-state index is 14.0. The van der Waals surface area contributed by atoms with Crippen LogP contribution in [0.4, 0.5) is 11.4 Å². The quantitative estimate of drug-likeness (QED) is 0.142. The third kappa shape index (κ3) is 7.27. The number of amides is 1. The van der Waals surface area contributed by atoms with Crippen molar-refractivity contribution in [2.75, 3.05) is 23.3 Å². The smallest absolute Gasteiger partial charge is 0.330 e. The summed E-state index contributed by atoms with van der Waals surface area (Å²) in [6.07, 6.45) is 2.51. The lowest BCUT2D eigenvalue weighted by Gasteiger charge is -2.41. The molecule has 1 saturated heterocycles. The number of fused-ring (bicyclic) bond motifs is 1. The van der Waals surface area contributed by atoms with Crippen molar-refractivity contribution in [2.24, 2.45) is 4.99 Å². The number of para-hydroxylation sites is 1. The first-order valence-electron chi connectivity index (χ1n) is 17.1. The van der Waals surface area contributed by atoms with Crippen molar-refractivity contribution in [1.29, 1.82) is 0 Å². The molecule has 1 amide bonds. The molecule has 7 rings (SSSR count). The second kappa shape index (κ2) is 15.2. The number of hydrogen-bond donors (Lipinski definition) is 2. The van der Waals surface area contributed by atoms with E-state index in [1.807, 2.05) is 115 Å². The van der Waals surface area contributed by atoms with Crippen LogP contribution in [0.15, 0.2) is 143 Å². The maximum Gasteiger partial charge on any atom is 0.330 e. The zero-order valence-electron chi connectivity index (χ0n) is 27.7. The van der Waals surface area contributed by atoms with Crippen molar-refractivity contribution in [2.45, 2.75) is 43.9 Å². The van der Waals surface area contributed by atoms with E-state index in [4.69, 9.17) is 4.99 Å². The number of benzene rings is 5. The number of aliphatic carboxylic acids is 1. The molecule has 50 heavy (non-hydrogen) atoms. The maximum absolute atomic E-state index is 14.0. The summed E-state index contributed by atoms with van der Waals surface area (Å²) in [6.45, 7) is 2.20.